The molecule has 5 nitrogen and oxygen atoms in total. The molecule has 0 aliphatic rings. The molecule has 2 heterocycles. The van der Waals surface area contributed by atoms with Crippen LogP contribution in [0.4, 0.5) is 5.82 Å². The molecule has 2 aromatic heterocycles. The summed E-state index contributed by atoms with van der Waals surface area (Å²) in [5.41, 5.74) is 7.30. The molecule has 0 bridgehead atoms. The second-order valence-electron chi connectivity index (χ2n) is 6.53. The highest BCUT2D eigenvalue weighted by Crippen LogP contribution is 2.15. The fourth-order valence-electron chi connectivity index (χ4n) is 2.74. The summed E-state index contributed by atoms with van der Waals surface area (Å²) in [4.78, 5) is 15.9. The van der Waals surface area contributed by atoms with Crippen LogP contribution >= 0.6 is 12.4 Å². The highest BCUT2D eigenvalue weighted by atomic mass is 35.5. The fourth-order valence-corrected chi connectivity index (χ4v) is 2.74. The van der Waals surface area contributed by atoms with Gasteiger partial charge < -0.3 is 10.7 Å². The van der Waals surface area contributed by atoms with Crippen molar-refractivity contribution >= 4 is 29.4 Å². The van der Waals surface area contributed by atoms with Gasteiger partial charge in [0.25, 0.3) is 0 Å². The number of hydrogen-bond donors (Lipinski definition) is 2. The molecule has 23 heavy (non-hydrogen) atoms. The predicted molar refractivity (Wildman–Crippen MR) is 98.8 cm³/mol. The van der Waals surface area contributed by atoms with Crippen molar-refractivity contribution in [3.8, 4) is 0 Å². The Hall–Kier alpha value is -1.36. The molecular weight excluding hydrogens is 310 g/mol. The molecule has 0 saturated carbocycles. The van der Waals surface area contributed by atoms with Gasteiger partial charge in [-0.3, -0.25) is 0 Å². The number of unbranched alkanes of at least 4 members (excludes halogenated alkanes) is 6. The zero-order valence-electron chi connectivity index (χ0n) is 14.3. The first kappa shape index (κ1) is 19.7. The molecule has 0 saturated heterocycles. The first-order chi connectivity index (χ1) is 10.7. The van der Waals surface area contributed by atoms with E-state index in [0.29, 0.717) is 11.3 Å². The van der Waals surface area contributed by atoms with Crippen LogP contribution in [-0.4, -0.2) is 19.9 Å². The molecule has 2 rings (SSSR count). The summed E-state index contributed by atoms with van der Waals surface area (Å²) >= 11 is 0. The van der Waals surface area contributed by atoms with Crippen LogP contribution in [0, 0.1) is 5.92 Å². The maximum absolute atomic E-state index is 5.89. The number of aromatic nitrogens is 4. The van der Waals surface area contributed by atoms with E-state index in [1.54, 1.807) is 6.33 Å². The number of anilines is 1. The molecule has 0 aliphatic carbocycles. The Bertz CT molecular complexity index is 567. The molecule has 0 aliphatic heterocycles. The maximum atomic E-state index is 5.89. The third-order valence-electron chi connectivity index (χ3n) is 4.03. The van der Waals surface area contributed by atoms with Crippen LogP contribution in [0.2, 0.25) is 0 Å². The van der Waals surface area contributed by atoms with E-state index in [1.165, 1.54) is 44.9 Å². The zero-order chi connectivity index (χ0) is 15.8. The molecule has 3 N–H and O–H groups in total. The summed E-state index contributed by atoms with van der Waals surface area (Å²) in [6.07, 6.45) is 13.0. The molecule has 0 amide bonds. The summed E-state index contributed by atoms with van der Waals surface area (Å²) in [5, 5.41) is 0. The van der Waals surface area contributed by atoms with E-state index in [2.05, 4.69) is 33.8 Å². The maximum Gasteiger partial charge on any atom is 0.163 e. The highest BCUT2D eigenvalue weighted by molar-refractivity contribution is 5.85. The summed E-state index contributed by atoms with van der Waals surface area (Å²) < 4.78 is 0. The van der Waals surface area contributed by atoms with Gasteiger partial charge in [-0.1, -0.05) is 58.8 Å². The fraction of sp³-hybridized carbons (Fsp3) is 0.706. The van der Waals surface area contributed by atoms with E-state index in [9.17, 15) is 0 Å². The number of aryl methyl sites for hydroxylation is 1. The van der Waals surface area contributed by atoms with Gasteiger partial charge in [0.1, 0.15) is 11.3 Å². The molecule has 0 unspecified atom stereocenters. The minimum absolute atomic E-state index is 0. The minimum Gasteiger partial charge on any atom is -0.382 e. The van der Waals surface area contributed by atoms with E-state index in [-0.39, 0.29) is 12.4 Å². The van der Waals surface area contributed by atoms with Crippen molar-refractivity contribution < 1.29 is 0 Å². The first-order valence-electron chi connectivity index (χ1n) is 8.62. The SMILES string of the molecule is CC(C)CCCCCCCCCc1nc(N)c2nc[nH]c2n1.Cl. The number of halogens is 1. The monoisotopic (exact) mass is 339 g/mol. The minimum atomic E-state index is 0. The smallest absolute Gasteiger partial charge is 0.163 e. The van der Waals surface area contributed by atoms with Crippen molar-refractivity contribution in [3.63, 3.8) is 0 Å². The Kier molecular flexibility index (Phi) is 8.92. The number of nitrogens with zero attached hydrogens (tertiary/aromatic N) is 3. The van der Waals surface area contributed by atoms with Gasteiger partial charge >= 0.3 is 0 Å². The van der Waals surface area contributed by atoms with E-state index < -0.39 is 0 Å². The lowest BCUT2D eigenvalue weighted by atomic mass is 10.0. The van der Waals surface area contributed by atoms with Crippen LogP contribution < -0.4 is 5.73 Å². The summed E-state index contributed by atoms with van der Waals surface area (Å²) in [6, 6.07) is 0. The summed E-state index contributed by atoms with van der Waals surface area (Å²) in [6.45, 7) is 4.60. The van der Waals surface area contributed by atoms with Crippen molar-refractivity contribution in [1.82, 2.24) is 19.9 Å². The van der Waals surface area contributed by atoms with Crippen molar-refractivity contribution in [3.05, 3.63) is 12.2 Å². The van der Waals surface area contributed by atoms with E-state index in [1.807, 2.05) is 0 Å². The van der Waals surface area contributed by atoms with Crippen molar-refractivity contribution in [2.75, 3.05) is 5.73 Å². The van der Waals surface area contributed by atoms with Gasteiger partial charge in [-0.15, -0.1) is 12.4 Å². The van der Waals surface area contributed by atoms with Gasteiger partial charge in [0, 0.05) is 6.42 Å². The summed E-state index contributed by atoms with van der Waals surface area (Å²) in [7, 11) is 0. The first-order valence-corrected chi connectivity index (χ1v) is 8.62. The Balaban J connectivity index is 0.00000264. The molecule has 0 fully saturated rings. The largest absolute Gasteiger partial charge is 0.382 e. The van der Waals surface area contributed by atoms with Gasteiger partial charge in [0.2, 0.25) is 0 Å². The second kappa shape index (κ2) is 10.4. The lowest BCUT2D eigenvalue weighted by molar-refractivity contribution is 0.508. The van der Waals surface area contributed by atoms with E-state index >= 15 is 0 Å². The van der Waals surface area contributed by atoms with Crippen LogP contribution in [0.5, 0.6) is 0 Å². The van der Waals surface area contributed by atoms with Gasteiger partial charge in [-0.25, -0.2) is 15.0 Å². The average Bonchev–Trinajstić information content (AvgIpc) is 2.94. The number of fused-ring (bicyclic) bond motifs is 1. The molecule has 2 aromatic rings. The number of aromatic amines is 1. The molecule has 130 valence electrons. The number of nitrogen functional groups attached to an aromatic ring is 1. The van der Waals surface area contributed by atoms with Gasteiger partial charge in [-0.2, -0.15) is 0 Å². The predicted octanol–water partition coefficient (Wildman–Crippen LogP) is 4.68. The second-order valence-corrected chi connectivity index (χ2v) is 6.53. The van der Waals surface area contributed by atoms with E-state index in [4.69, 9.17) is 5.73 Å². The molecule has 6 heteroatoms. The topological polar surface area (TPSA) is 80.5 Å². The Labute approximate surface area is 145 Å². The molecule has 0 radical (unpaired) electrons. The lowest BCUT2D eigenvalue weighted by Gasteiger charge is -2.05. The number of imidazole rings is 1. The number of H-pyrrole nitrogens is 1. The molecule has 0 atom stereocenters. The zero-order valence-corrected chi connectivity index (χ0v) is 15.2. The Morgan fingerprint density at radius 3 is 2.35 bits per heavy atom. The van der Waals surface area contributed by atoms with Crippen molar-refractivity contribution in [2.45, 2.75) is 71.6 Å². The Morgan fingerprint density at radius 2 is 1.65 bits per heavy atom. The van der Waals surface area contributed by atoms with Gasteiger partial charge in [-0.05, 0) is 12.3 Å². The lowest BCUT2D eigenvalue weighted by Crippen LogP contribution is -2.01. The highest BCUT2D eigenvalue weighted by Gasteiger charge is 2.06. The molecule has 0 spiro atoms. The third kappa shape index (κ3) is 6.73. The van der Waals surface area contributed by atoms with Crippen LogP contribution in [0.25, 0.3) is 11.2 Å². The van der Waals surface area contributed by atoms with Gasteiger partial charge in [0.05, 0.1) is 6.33 Å². The number of nitrogens with one attached hydrogen (secondary N) is 1. The van der Waals surface area contributed by atoms with Gasteiger partial charge in [0.15, 0.2) is 11.5 Å². The van der Waals surface area contributed by atoms with Crippen molar-refractivity contribution in [2.24, 2.45) is 5.92 Å². The standard InChI is InChI=1S/C17H29N5.ClH/c1-13(2)10-8-6-4-3-5-7-9-11-14-21-16(18)15-17(22-14)20-12-19-15;/h12-13H,3-11H2,1-2H3,(H3,18,19,20,21,22);1H. The van der Waals surface area contributed by atoms with Crippen LogP contribution in [0.3, 0.4) is 0 Å². The van der Waals surface area contributed by atoms with Crippen molar-refractivity contribution in [1.29, 1.82) is 0 Å². The molecular formula is C17H30ClN5. The number of hydrogen-bond acceptors (Lipinski definition) is 4. The normalized spacial score (nSPS) is 11.1. The van der Waals surface area contributed by atoms with Crippen LogP contribution in [0.15, 0.2) is 6.33 Å². The van der Waals surface area contributed by atoms with Crippen LogP contribution in [0.1, 0.15) is 71.0 Å². The van der Waals surface area contributed by atoms with Crippen LogP contribution in [-0.2, 0) is 6.42 Å². The molecule has 0 aromatic carbocycles. The third-order valence-corrected chi connectivity index (χ3v) is 4.03. The number of rotatable bonds is 10. The number of nitrogens with two attached hydrogens (primary N) is 1. The average molecular weight is 340 g/mol. The summed E-state index contributed by atoms with van der Waals surface area (Å²) in [5.74, 6) is 2.15. The van der Waals surface area contributed by atoms with E-state index in [0.717, 1.165) is 30.2 Å². The Morgan fingerprint density at radius 1 is 1.00 bits per heavy atom. The quantitative estimate of drug-likeness (QED) is 0.616.